The molecule has 3 N–H and O–H groups in total. The minimum Gasteiger partial charge on any atom is -0.489 e. The molecule has 0 unspecified atom stereocenters. The highest BCUT2D eigenvalue weighted by Crippen LogP contribution is 2.15. The van der Waals surface area contributed by atoms with Gasteiger partial charge in [0.2, 0.25) is 5.91 Å². The molecule has 0 fully saturated rings. The van der Waals surface area contributed by atoms with E-state index in [9.17, 15) is 9.59 Å². The van der Waals surface area contributed by atoms with Crippen LogP contribution in [0.2, 0.25) is 0 Å². The lowest BCUT2D eigenvalue weighted by Gasteiger charge is -2.12. The smallest absolute Gasteiger partial charge is 0.251 e. The van der Waals surface area contributed by atoms with Gasteiger partial charge < -0.3 is 15.8 Å². The molecule has 3 rings (SSSR count). The number of rotatable bonds is 7. The Bertz CT molecular complexity index is 939. The lowest BCUT2D eigenvalue weighted by atomic mass is 10.1. The van der Waals surface area contributed by atoms with Crippen LogP contribution < -0.4 is 15.8 Å². The zero-order valence-corrected chi connectivity index (χ0v) is 14.7. The van der Waals surface area contributed by atoms with Gasteiger partial charge in [0.25, 0.3) is 5.91 Å². The number of para-hydroxylation sites is 1. The van der Waals surface area contributed by atoms with Gasteiger partial charge in [-0.05, 0) is 35.9 Å². The average Bonchev–Trinajstić information content (AvgIpc) is 2.71. The van der Waals surface area contributed by atoms with Gasteiger partial charge in [-0.2, -0.15) is 0 Å². The second-order valence-corrected chi connectivity index (χ2v) is 6.01. The molecule has 5 nitrogen and oxygen atoms in total. The molecular weight excluding hydrogens is 340 g/mol. The van der Waals surface area contributed by atoms with Crippen LogP contribution in [0.3, 0.4) is 0 Å². The van der Waals surface area contributed by atoms with Crippen LogP contribution in [-0.4, -0.2) is 11.8 Å². The summed E-state index contributed by atoms with van der Waals surface area (Å²) in [4.78, 5) is 23.9. The van der Waals surface area contributed by atoms with Gasteiger partial charge in [-0.3, -0.25) is 9.59 Å². The van der Waals surface area contributed by atoms with Crippen molar-refractivity contribution in [3.8, 4) is 5.75 Å². The zero-order valence-electron chi connectivity index (χ0n) is 14.7. The molecule has 0 aliphatic rings. The summed E-state index contributed by atoms with van der Waals surface area (Å²) < 4.78 is 5.76. The van der Waals surface area contributed by atoms with Crippen molar-refractivity contribution in [3.63, 3.8) is 0 Å². The maximum Gasteiger partial charge on any atom is 0.251 e. The number of primary amides is 1. The summed E-state index contributed by atoms with van der Waals surface area (Å²) in [5.74, 6) is 0.0503. The molecule has 0 bridgehead atoms. The lowest BCUT2D eigenvalue weighted by molar-refractivity contribution is 0.0947. The van der Waals surface area contributed by atoms with Gasteiger partial charge in [0.1, 0.15) is 12.4 Å². The summed E-state index contributed by atoms with van der Waals surface area (Å²) in [6.45, 7) is 0.596. The van der Waals surface area contributed by atoms with Crippen molar-refractivity contribution in [2.45, 2.75) is 13.2 Å². The second-order valence-electron chi connectivity index (χ2n) is 6.01. The normalized spacial score (nSPS) is 10.2. The molecule has 3 aromatic rings. The van der Waals surface area contributed by atoms with E-state index in [0.29, 0.717) is 24.3 Å². The highest BCUT2D eigenvalue weighted by molar-refractivity contribution is 5.95. The molecule has 0 spiro atoms. The van der Waals surface area contributed by atoms with E-state index in [1.54, 1.807) is 24.3 Å². The monoisotopic (exact) mass is 360 g/mol. The Hall–Kier alpha value is -3.60. The summed E-state index contributed by atoms with van der Waals surface area (Å²) >= 11 is 0. The topological polar surface area (TPSA) is 81.4 Å². The number of hydrogen-bond donors (Lipinski definition) is 2. The number of amides is 2. The van der Waals surface area contributed by atoms with Crippen LogP contribution in [0.25, 0.3) is 0 Å². The van der Waals surface area contributed by atoms with Gasteiger partial charge >= 0.3 is 0 Å². The van der Waals surface area contributed by atoms with Crippen LogP contribution in [-0.2, 0) is 13.2 Å². The lowest BCUT2D eigenvalue weighted by Crippen LogP contribution is -2.24. The Kier molecular flexibility index (Phi) is 5.84. The summed E-state index contributed by atoms with van der Waals surface area (Å²) in [6.07, 6.45) is 0. The fourth-order valence-corrected chi connectivity index (χ4v) is 2.66. The standard InChI is InChI=1S/C22H20N2O3/c23-21(25)17-9-6-7-16(13-17)14-24-22(26)20-12-5-4-8-18(20)15-27-19-10-2-1-3-11-19/h1-13H,14-15H2,(H2,23,25)(H,24,26). The Balaban J connectivity index is 1.66. The summed E-state index contributed by atoms with van der Waals surface area (Å²) in [5.41, 5.74) is 7.86. The molecule has 136 valence electrons. The van der Waals surface area contributed by atoms with Crippen molar-refractivity contribution in [1.29, 1.82) is 0 Å². The van der Waals surface area contributed by atoms with E-state index in [1.165, 1.54) is 0 Å². The van der Waals surface area contributed by atoms with E-state index in [0.717, 1.165) is 16.9 Å². The predicted molar refractivity (Wildman–Crippen MR) is 103 cm³/mol. The first-order chi connectivity index (χ1) is 13.1. The molecule has 0 atom stereocenters. The summed E-state index contributed by atoms with van der Waals surface area (Å²) in [7, 11) is 0. The van der Waals surface area contributed by atoms with E-state index in [1.807, 2.05) is 54.6 Å². The Morgan fingerprint density at radius 1 is 0.889 bits per heavy atom. The number of carbonyl (C=O) groups is 2. The number of nitrogens with two attached hydrogens (primary N) is 1. The molecule has 0 saturated carbocycles. The van der Waals surface area contributed by atoms with Gasteiger partial charge in [-0.25, -0.2) is 0 Å². The molecule has 5 heteroatoms. The van der Waals surface area contributed by atoms with Gasteiger partial charge in [-0.1, -0.05) is 48.5 Å². The van der Waals surface area contributed by atoms with Crippen LogP contribution in [0.15, 0.2) is 78.9 Å². The van der Waals surface area contributed by atoms with Crippen LogP contribution in [0.5, 0.6) is 5.75 Å². The van der Waals surface area contributed by atoms with Gasteiger partial charge in [-0.15, -0.1) is 0 Å². The molecule has 27 heavy (non-hydrogen) atoms. The van der Waals surface area contributed by atoms with Crippen molar-refractivity contribution in [1.82, 2.24) is 5.32 Å². The maximum atomic E-state index is 12.6. The van der Waals surface area contributed by atoms with Crippen LogP contribution >= 0.6 is 0 Å². The quantitative estimate of drug-likeness (QED) is 0.678. The minimum absolute atomic E-state index is 0.202. The number of nitrogens with one attached hydrogen (secondary N) is 1. The number of hydrogen-bond acceptors (Lipinski definition) is 3. The molecule has 0 heterocycles. The zero-order chi connectivity index (χ0) is 19.1. The van der Waals surface area contributed by atoms with Gasteiger partial charge in [0.15, 0.2) is 0 Å². The molecule has 0 aromatic heterocycles. The van der Waals surface area contributed by atoms with Gasteiger partial charge in [0, 0.05) is 23.2 Å². The number of benzene rings is 3. The van der Waals surface area contributed by atoms with Crippen molar-refractivity contribution in [3.05, 3.63) is 101 Å². The Morgan fingerprint density at radius 3 is 2.41 bits per heavy atom. The highest BCUT2D eigenvalue weighted by Gasteiger charge is 2.11. The third-order valence-electron chi connectivity index (χ3n) is 4.06. The predicted octanol–water partition coefficient (Wildman–Crippen LogP) is 3.29. The molecular formula is C22H20N2O3. The Labute approximate surface area is 157 Å². The average molecular weight is 360 g/mol. The third-order valence-corrected chi connectivity index (χ3v) is 4.06. The van der Waals surface area contributed by atoms with Crippen molar-refractivity contribution in [2.24, 2.45) is 5.73 Å². The fourth-order valence-electron chi connectivity index (χ4n) is 2.66. The molecule has 0 saturated heterocycles. The molecule has 0 aliphatic heterocycles. The second kappa shape index (κ2) is 8.67. The van der Waals surface area contributed by atoms with Crippen molar-refractivity contribution in [2.75, 3.05) is 0 Å². The first-order valence-corrected chi connectivity index (χ1v) is 8.56. The van der Waals surface area contributed by atoms with Crippen LogP contribution in [0.1, 0.15) is 31.8 Å². The van der Waals surface area contributed by atoms with E-state index < -0.39 is 5.91 Å². The first-order valence-electron chi connectivity index (χ1n) is 8.56. The SMILES string of the molecule is NC(=O)c1cccc(CNC(=O)c2ccccc2COc2ccccc2)c1. The first kappa shape index (κ1) is 18.2. The van der Waals surface area contributed by atoms with E-state index in [2.05, 4.69) is 5.32 Å². The van der Waals surface area contributed by atoms with Crippen molar-refractivity contribution < 1.29 is 14.3 Å². The number of carbonyl (C=O) groups excluding carboxylic acids is 2. The Morgan fingerprint density at radius 2 is 1.63 bits per heavy atom. The van der Waals surface area contributed by atoms with Gasteiger partial charge in [0.05, 0.1) is 0 Å². The molecule has 0 aliphatic carbocycles. The minimum atomic E-state index is -0.494. The maximum absolute atomic E-state index is 12.6. The van der Waals surface area contributed by atoms with Crippen LogP contribution in [0.4, 0.5) is 0 Å². The summed E-state index contributed by atoms with van der Waals surface area (Å²) in [6, 6.07) is 23.7. The van der Waals surface area contributed by atoms with Crippen LogP contribution in [0, 0.1) is 0 Å². The van der Waals surface area contributed by atoms with E-state index in [4.69, 9.17) is 10.5 Å². The summed E-state index contributed by atoms with van der Waals surface area (Å²) in [5, 5.41) is 2.87. The fraction of sp³-hybridized carbons (Fsp3) is 0.0909. The third kappa shape index (κ3) is 4.95. The van der Waals surface area contributed by atoms with E-state index >= 15 is 0 Å². The van der Waals surface area contributed by atoms with Crippen molar-refractivity contribution >= 4 is 11.8 Å². The van der Waals surface area contributed by atoms with E-state index in [-0.39, 0.29) is 5.91 Å². The molecule has 3 aromatic carbocycles. The molecule has 0 radical (unpaired) electrons. The number of ether oxygens (including phenoxy) is 1. The highest BCUT2D eigenvalue weighted by atomic mass is 16.5. The molecule has 2 amide bonds. The largest absolute Gasteiger partial charge is 0.489 e.